The highest BCUT2D eigenvalue weighted by molar-refractivity contribution is 5.83. The first-order chi connectivity index (χ1) is 9.78. The number of H-pyrrole nitrogens is 1. The van der Waals surface area contributed by atoms with E-state index < -0.39 is 0 Å². The largest absolute Gasteiger partial charge is 0.392 e. The number of β-amino-alcohol motifs (C(OH)–C–C–N with tert-alkyl or cyclic N) is 1. The number of piperidine rings is 1. The minimum atomic E-state index is -0.167. The molecular formula is C17H24N2O. The Bertz CT molecular complexity index is 555. The van der Waals surface area contributed by atoms with E-state index in [-0.39, 0.29) is 6.10 Å². The third kappa shape index (κ3) is 2.74. The van der Waals surface area contributed by atoms with Crippen LogP contribution in [-0.2, 0) is 0 Å². The Labute approximate surface area is 120 Å². The van der Waals surface area contributed by atoms with Crippen LogP contribution in [0.25, 0.3) is 10.9 Å². The lowest BCUT2D eigenvalue weighted by Crippen LogP contribution is -2.38. The number of aromatic nitrogens is 1. The van der Waals surface area contributed by atoms with Gasteiger partial charge < -0.3 is 15.0 Å². The molecular weight excluding hydrogens is 248 g/mol. The molecule has 0 spiro atoms. The number of para-hydroxylation sites is 1. The maximum atomic E-state index is 9.75. The highest BCUT2D eigenvalue weighted by Crippen LogP contribution is 2.33. The van der Waals surface area contributed by atoms with E-state index in [1.165, 1.54) is 29.3 Å². The molecule has 1 saturated heterocycles. The van der Waals surface area contributed by atoms with Gasteiger partial charge in [0.25, 0.3) is 0 Å². The van der Waals surface area contributed by atoms with Crippen molar-refractivity contribution in [2.75, 3.05) is 19.6 Å². The molecule has 2 aromatic rings. The number of benzene rings is 1. The predicted octanol–water partition coefficient (Wildman–Crippen LogP) is 3.12. The van der Waals surface area contributed by atoms with Crippen molar-refractivity contribution >= 4 is 10.9 Å². The second kappa shape index (κ2) is 5.98. The molecule has 0 aliphatic carbocycles. The van der Waals surface area contributed by atoms with Gasteiger partial charge in [-0.15, -0.1) is 0 Å². The molecule has 0 radical (unpaired) electrons. The average molecular weight is 272 g/mol. The van der Waals surface area contributed by atoms with Gasteiger partial charge in [0.2, 0.25) is 0 Å². The SMILES string of the molecule is CCC(O)CN1CCC(c2c[nH]c3ccccc23)CC1. The van der Waals surface area contributed by atoms with Crippen molar-refractivity contribution in [3.8, 4) is 0 Å². The number of aliphatic hydroxyl groups excluding tert-OH is 1. The maximum Gasteiger partial charge on any atom is 0.0664 e. The van der Waals surface area contributed by atoms with Gasteiger partial charge in [0, 0.05) is 23.6 Å². The summed E-state index contributed by atoms with van der Waals surface area (Å²) >= 11 is 0. The topological polar surface area (TPSA) is 39.3 Å². The van der Waals surface area contributed by atoms with E-state index in [0.29, 0.717) is 5.92 Å². The van der Waals surface area contributed by atoms with Crippen LogP contribution < -0.4 is 0 Å². The lowest BCUT2D eigenvalue weighted by Gasteiger charge is -2.33. The zero-order valence-electron chi connectivity index (χ0n) is 12.2. The highest BCUT2D eigenvalue weighted by Gasteiger charge is 2.23. The van der Waals surface area contributed by atoms with Crippen LogP contribution in [0, 0.1) is 0 Å². The summed E-state index contributed by atoms with van der Waals surface area (Å²) in [5.74, 6) is 0.654. The molecule has 0 bridgehead atoms. The lowest BCUT2D eigenvalue weighted by molar-refractivity contribution is 0.0945. The first kappa shape index (κ1) is 13.7. The minimum absolute atomic E-state index is 0.167. The summed E-state index contributed by atoms with van der Waals surface area (Å²) in [7, 11) is 0. The van der Waals surface area contributed by atoms with Crippen LogP contribution in [0.1, 0.15) is 37.7 Å². The van der Waals surface area contributed by atoms with Crippen LogP contribution >= 0.6 is 0 Å². The Kier molecular flexibility index (Phi) is 4.08. The van der Waals surface area contributed by atoms with E-state index in [1.54, 1.807) is 0 Å². The van der Waals surface area contributed by atoms with Crippen LogP contribution in [0.4, 0.5) is 0 Å². The summed E-state index contributed by atoms with van der Waals surface area (Å²) in [6, 6.07) is 8.56. The molecule has 2 heterocycles. The molecule has 1 aliphatic rings. The van der Waals surface area contributed by atoms with Gasteiger partial charge in [0.05, 0.1) is 6.10 Å². The molecule has 0 amide bonds. The molecule has 1 aromatic carbocycles. The van der Waals surface area contributed by atoms with Gasteiger partial charge in [-0.25, -0.2) is 0 Å². The second-order valence-corrected chi connectivity index (χ2v) is 5.93. The molecule has 1 fully saturated rings. The Balaban J connectivity index is 1.66. The first-order valence-electron chi connectivity index (χ1n) is 7.74. The average Bonchev–Trinajstić information content (AvgIpc) is 2.92. The van der Waals surface area contributed by atoms with Crippen LogP contribution in [0.5, 0.6) is 0 Å². The first-order valence-corrected chi connectivity index (χ1v) is 7.74. The van der Waals surface area contributed by atoms with Gasteiger partial charge in [-0.3, -0.25) is 0 Å². The maximum absolute atomic E-state index is 9.75. The number of nitrogens with one attached hydrogen (secondary N) is 1. The Hall–Kier alpha value is -1.32. The summed E-state index contributed by atoms with van der Waals surface area (Å²) in [6.07, 6.45) is 5.25. The molecule has 3 nitrogen and oxygen atoms in total. The second-order valence-electron chi connectivity index (χ2n) is 5.93. The number of nitrogens with zero attached hydrogens (tertiary/aromatic N) is 1. The van der Waals surface area contributed by atoms with Crippen LogP contribution in [-0.4, -0.2) is 40.7 Å². The third-order valence-electron chi connectivity index (χ3n) is 4.59. The van der Waals surface area contributed by atoms with Gasteiger partial charge in [0.15, 0.2) is 0 Å². The summed E-state index contributed by atoms with van der Waals surface area (Å²) < 4.78 is 0. The monoisotopic (exact) mass is 272 g/mol. The van der Waals surface area contributed by atoms with Crippen LogP contribution in [0.3, 0.4) is 0 Å². The van der Waals surface area contributed by atoms with Crippen molar-refractivity contribution in [2.24, 2.45) is 0 Å². The van der Waals surface area contributed by atoms with Crippen LogP contribution in [0.2, 0.25) is 0 Å². The van der Waals surface area contributed by atoms with E-state index in [2.05, 4.69) is 40.3 Å². The smallest absolute Gasteiger partial charge is 0.0664 e. The van der Waals surface area contributed by atoms with Gasteiger partial charge in [-0.1, -0.05) is 25.1 Å². The predicted molar refractivity (Wildman–Crippen MR) is 83.0 cm³/mol. The molecule has 2 N–H and O–H groups in total. The number of aliphatic hydroxyl groups is 1. The summed E-state index contributed by atoms with van der Waals surface area (Å²) in [4.78, 5) is 5.79. The number of likely N-dealkylation sites (tertiary alicyclic amines) is 1. The van der Waals surface area contributed by atoms with Gasteiger partial charge in [-0.05, 0) is 49.9 Å². The van der Waals surface area contributed by atoms with Crippen molar-refractivity contribution in [2.45, 2.75) is 38.2 Å². The molecule has 3 rings (SSSR count). The Morgan fingerprint density at radius 2 is 2.05 bits per heavy atom. The van der Waals surface area contributed by atoms with Crippen LogP contribution in [0.15, 0.2) is 30.5 Å². The zero-order chi connectivity index (χ0) is 13.9. The lowest BCUT2D eigenvalue weighted by atomic mass is 9.89. The van der Waals surface area contributed by atoms with E-state index in [0.717, 1.165) is 26.1 Å². The van der Waals surface area contributed by atoms with E-state index in [4.69, 9.17) is 0 Å². The number of hydrogen-bond acceptors (Lipinski definition) is 2. The zero-order valence-corrected chi connectivity index (χ0v) is 12.2. The fourth-order valence-electron chi connectivity index (χ4n) is 3.29. The van der Waals surface area contributed by atoms with Gasteiger partial charge in [-0.2, -0.15) is 0 Å². The fourth-order valence-corrected chi connectivity index (χ4v) is 3.29. The molecule has 1 aliphatic heterocycles. The Morgan fingerprint density at radius 1 is 1.30 bits per heavy atom. The number of hydrogen-bond donors (Lipinski definition) is 2. The molecule has 1 unspecified atom stereocenters. The van der Waals surface area contributed by atoms with Crippen molar-refractivity contribution in [3.63, 3.8) is 0 Å². The van der Waals surface area contributed by atoms with Crippen molar-refractivity contribution in [1.82, 2.24) is 9.88 Å². The summed E-state index contributed by atoms with van der Waals surface area (Å²) in [6.45, 7) is 5.07. The van der Waals surface area contributed by atoms with Gasteiger partial charge in [0.1, 0.15) is 0 Å². The third-order valence-corrected chi connectivity index (χ3v) is 4.59. The number of aromatic amines is 1. The molecule has 3 heteroatoms. The van der Waals surface area contributed by atoms with E-state index in [1.807, 2.05) is 6.92 Å². The molecule has 108 valence electrons. The van der Waals surface area contributed by atoms with Crippen molar-refractivity contribution < 1.29 is 5.11 Å². The highest BCUT2D eigenvalue weighted by atomic mass is 16.3. The fraction of sp³-hybridized carbons (Fsp3) is 0.529. The Morgan fingerprint density at radius 3 is 2.80 bits per heavy atom. The standard InChI is InChI=1S/C17H24N2O/c1-2-14(20)12-19-9-7-13(8-10-19)16-11-18-17-6-4-3-5-15(16)17/h3-6,11,13-14,18,20H,2,7-10,12H2,1H3. The molecule has 20 heavy (non-hydrogen) atoms. The molecule has 0 saturated carbocycles. The quantitative estimate of drug-likeness (QED) is 0.897. The van der Waals surface area contributed by atoms with Gasteiger partial charge >= 0.3 is 0 Å². The molecule has 1 atom stereocenters. The van der Waals surface area contributed by atoms with E-state index in [9.17, 15) is 5.11 Å². The number of fused-ring (bicyclic) bond motifs is 1. The van der Waals surface area contributed by atoms with Crippen molar-refractivity contribution in [1.29, 1.82) is 0 Å². The normalized spacial score (nSPS) is 19.5. The number of rotatable bonds is 4. The minimum Gasteiger partial charge on any atom is -0.392 e. The van der Waals surface area contributed by atoms with E-state index >= 15 is 0 Å². The summed E-state index contributed by atoms with van der Waals surface area (Å²) in [5.41, 5.74) is 2.71. The summed E-state index contributed by atoms with van der Waals surface area (Å²) in [5, 5.41) is 11.1. The van der Waals surface area contributed by atoms with Crippen molar-refractivity contribution in [3.05, 3.63) is 36.0 Å². The molecule has 1 aromatic heterocycles.